The molecule has 9 heteroatoms. The number of alkyl halides is 3. The van der Waals surface area contributed by atoms with E-state index in [-0.39, 0.29) is 5.00 Å². The molecule has 0 radical (unpaired) electrons. The van der Waals surface area contributed by atoms with Gasteiger partial charge in [-0.1, -0.05) is 53.8 Å². The van der Waals surface area contributed by atoms with E-state index >= 15 is 0 Å². The number of nitrogens with one attached hydrogen (secondary N) is 1. The van der Waals surface area contributed by atoms with Gasteiger partial charge in [-0.15, -0.1) is 0 Å². The van der Waals surface area contributed by atoms with Crippen LogP contribution in [0.25, 0.3) is 21.8 Å². The summed E-state index contributed by atoms with van der Waals surface area (Å²) >= 11 is 1.03. The highest BCUT2D eigenvalue weighted by Crippen LogP contribution is 2.41. The summed E-state index contributed by atoms with van der Waals surface area (Å²) in [5, 5.41) is 2.60. The van der Waals surface area contributed by atoms with Crippen LogP contribution in [0.1, 0.15) is 0 Å². The minimum Gasteiger partial charge on any atom is -0.378 e. The predicted molar refractivity (Wildman–Crippen MR) is 111 cm³/mol. The van der Waals surface area contributed by atoms with Gasteiger partial charge in [0.1, 0.15) is 15.7 Å². The van der Waals surface area contributed by atoms with Gasteiger partial charge in [-0.2, -0.15) is 13.2 Å². The van der Waals surface area contributed by atoms with Gasteiger partial charge in [0.15, 0.2) is 0 Å². The molecule has 0 unspecified atom stereocenters. The van der Waals surface area contributed by atoms with E-state index in [1.807, 2.05) is 29.6 Å². The molecule has 1 N–H and O–H groups in total. The molecule has 0 spiro atoms. The van der Waals surface area contributed by atoms with Crippen molar-refractivity contribution in [1.29, 1.82) is 0 Å². The number of amides is 1. The molecule has 0 atom stereocenters. The van der Waals surface area contributed by atoms with E-state index in [4.69, 9.17) is 4.74 Å². The maximum absolute atomic E-state index is 12.9. The smallest absolute Gasteiger partial charge is 0.378 e. The molecule has 4 rings (SSSR count). The molecule has 1 fully saturated rings. The first-order chi connectivity index (χ1) is 14.4. The summed E-state index contributed by atoms with van der Waals surface area (Å²) in [6, 6.07) is 16.4. The zero-order valence-corrected chi connectivity index (χ0v) is 16.6. The van der Waals surface area contributed by atoms with E-state index in [0.717, 1.165) is 22.6 Å². The predicted octanol–water partition coefficient (Wildman–Crippen LogP) is 4.81. The molecule has 1 aliphatic rings. The average Bonchev–Trinajstić information content (AvgIpc) is 3.18. The van der Waals surface area contributed by atoms with Crippen molar-refractivity contribution in [1.82, 2.24) is 4.98 Å². The van der Waals surface area contributed by atoms with Crippen molar-refractivity contribution < 1.29 is 22.7 Å². The molecule has 3 aromatic rings. The summed E-state index contributed by atoms with van der Waals surface area (Å²) < 4.78 is 44.0. The van der Waals surface area contributed by atoms with Crippen molar-refractivity contribution in [2.24, 2.45) is 0 Å². The standard InChI is InChI=1S/C21H18F3N3O2S/c22-21(23,24)20(28)26-19-17(14-6-2-1-3-7-14)25-18(30-19)15-8-4-5-9-16(15)27-10-12-29-13-11-27/h1-9H,10-13H2,(H,26,28). The number of carbonyl (C=O) groups excluding carboxylic acids is 1. The van der Waals surface area contributed by atoms with Gasteiger partial charge >= 0.3 is 12.1 Å². The number of ether oxygens (including phenoxy) is 1. The topological polar surface area (TPSA) is 54.5 Å². The van der Waals surface area contributed by atoms with E-state index in [2.05, 4.69) is 9.88 Å². The highest BCUT2D eigenvalue weighted by molar-refractivity contribution is 7.19. The lowest BCUT2D eigenvalue weighted by atomic mass is 10.1. The number of benzene rings is 2. The fourth-order valence-electron chi connectivity index (χ4n) is 3.22. The summed E-state index contributed by atoms with van der Waals surface area (Å²) in [5.74, 6) is -2.02. The number of rotatable bonds is 4. The lowest BCUT2D eigenvalue weighted by molar-refractivity contribution is -0.167. The third-order valence-electron chi connectivity index (χ3n) is 4.65. The quantitative estimate of drug-likeness (QED) is 0.641. The van der Waals surface area contributed by atoms with E-state index < -0.39 is 12.1 Å². The summed E-state index contributed by atoms with van der Waals surface area (Å²) in [6.45, 7) is 2.64. The SMILES string of the molecule is O=C(Nc1sc(-c2ccccc2N2CCOCC2)nc1-c1ccccc1)C(F)(F)F. The van der Waals surface area contributed by atoms with Gasteiger partial charge in [0.2, 0.25) is 0 Å². The minimum atomic E-state index is -4.98. The van der Waals surface area contributed by atoms with E-state index in [0.29, 0.717) is 42.6 Å². The van der Waals surface area contributed by atoms with Crippen LogP contribution in [0.5, 0.6) is 0 Å². The summed E-state index contributed by atoms with van der Waals surface area (Å²) in [4.78, 5) is 18.4. The fourth-order valence-corrected chi connectivity index (χ4v) is 4.24. The molecular weight excluding hydrogens is 415 g/mol. The lowest BCUT2D eigenvalue weighted by Gasteiger charge is -2.30. The van der Waals surface area contributed by atoms with Crippen molar-refractivity contribution >= 4 is 27.9 Å². The number of aromatic nitrogens is 1. The second-order valence-electron chi connectivity index (χ2n) is 6.63. The number of carbonyl (C=O) groups is 1. The Hall–Kier alpha value is -2.91. The number of hydrogen-bond donors (Lipinski definition) is 1. The molecule has 5 nitrogen and oxygen atoms in total. The first kappa shape index (κ1) is 20.4. The molecule has 1 aromatic heterocycles. The van der Waals surface area contributed by atoms with Gasteiger partial charge in [-0.3, -0.25) is 4.79 Å². The Morgan fingerprint density at radius 1 is 1.03 bits per heavy atom. The Morgan fingerprint density at radius 2 is 1.70 bits per heavy atom. The lowest BCUT2D eigenvalue weighted by Crippen LogP contribution is -2.36. The summed E-state index contributed by atoms with van der Waals surface area (Å²) in [5.41, 5.74) is 2.67. The minimum absolute atomic E-state index is 0.0651. The van der Waals surface area contributed by atoms with Crippen LogP contribution in [-0.2, 0) is 9.53 Å². The number of anilines is 2. The number of thiazole rings is 1. The van der Waals surface area contributed by atoms with Gasteiger partial charge in [-0.25, -0.2) is 4.98 Å². The van der Waals surface area contributed by atoms with Gasteiger partial charge in [0.25, 0.3) is 0 Å². The molecule has 156 valence electrons. The van der Waals surface area contributed by atoms with Crippen LogP contribution in [0.4, 0.5) is 23.9 Å². The van der Waals surface area contributed by atoms with Gasteiger partial charge in [0.05, 0.1) is 13.2 Å². The Bertz CT molecular complexity index is 1030. The molecule has 1 saturated heterocycles. The largest absolute Gasteiger partial charge is 0.471 e. The van der Waals surface area contributed by atoms with Gasteiger partial charge in [0, 0.05) is 29.9 Å². The molecule has 1 aliphatic heterocycles. The van der Waals surface area contributed by atoms with Crippen LogP contribution in [0.3, 0.4) is 0 Å². The Labute approximate surface area is 175 Å². The van der Waals surface area contributed by atoms with Crippen LogP contribution in [0.2, 0.25) is 0 Å². The van der Waals surface area contributed by atoms with Crippen LogP contribution in [0, 0.1) is 0 Å². The highest BCUT2D eigenvalue weighted by atomic mass is 32.1. The average molecular weight is 433 g/mol. The molecular formula is C21H18F3N3O2S. The highest BCUT2D eigenvalue weighted by Gasteiger charge is 2.39. The number of hydrogen-bond acceptors (Lipinski definition) is 5. The van der Waals surface area contributed by atoms with Crippen LogP contribution < -0.4 is 10.2 Å². The van der Waals surface area contributed by atoms with Crippen LogP contribution in [0.15, 0.2) is 54.6 Å². The second-order valence-corrected chi connectivity index (χ2v) is 7.63. The second kappa shape index (κ2) is 8.45. The monoisotopic (exact) mass is 433 g/mol. The number of nitrogens with zero attached hydrogens (tertiary/aromatic N) is 2. The zero-order chi connectivity index (χ0) is 21.1. The third kappa shape index (κ3) is 4.31. The first-order valence-corrected chi connectivity index (χ1v) is 10.1. The molecule has 0 aliphatic carbocycles. The normalized spacial score (nSPS) is 14.6. The van der Waals surface area contributed by atoms with E-state index in [1.54, 1.807) is 30.3 Å². The molecule has 0 bridgehead atoms. The van der Waals surface area contributed by atoms with Crippen molar-refractivity contribution in [3.05, 3.63) is 54.6 Å². The third-order valence-corrected chi connectivity index (χ3v) is 5.65. The van der Waals surface area contributed by atoms with E-state index in [9.17, 15) is 18.0 Å². The molecule has 1 amide bonds. The Kier molecular flexibility index (Phi) is 5.74. The number of halogens is 3. The Morgan fingerprint density at radius 3 is 2.40 bits per heavy atom. The fraction of sp³-hybridized carbons (Fsp3) is 0.238. The molecule has 2 heterocycles. The van der Waals surface area contributed by atoms with Gasteiger partial charge < -0.3 is 15.0 Å². The Balaban J connectivity index is 1.78. The van der Waals surface area contributed by atoms with Gasteiger partial charge in [-0.05, 0) is 12.1 Å². The summed E-state index contributed by atoms with van der Waals surface area (Å²) in [7, 11) is 0. The zero-order valence-electron chi connectivity index (χ0n) is 15.8. The number of morpholine rings is 1. The summed E-state index contributed by atoms with van der Waals surface area (Å²) in [6.07, 6.45) is -4.98. The van der Waals surface area contributed by atoms with Crippen molar-refractivity contribution in [3.63, 3.8) is 0 Å². The maximum atomic E-state index is 12.9. The van der Waals surface area contributed by atoms with Crippen molar-refractivity contribution in [3.8, 4) is 21.8 Å². The first-order valence-electron chi connectivity index (χ1n) is 9.30. The van der Waals surface area contributed by atoms with Crippen molar-refractivity contribution in [2.75, 3.05) is 36.5 Å². The van der Waals surface area contributed by atoms with Crippen molar-refractivity contribution in [2.45, 2.75) is 6.18 Å². The molecule has 0 saturated carbocycles. The van der Waals surface area contributed by atoms with Crippen LogP contribution >= 0.6 is 11.3 Å². The maximum Gasteiger partial charge on any atom is 0.471 e. The van der Waals surface area contributed by atoms with E-state index in [1.165, 1.54) is 0 Å². The van der Waals surface area contributed by atoms with Crippen LogP contribution in [-0.4, -0.2) is 43.4 Å². The molecule has 2 aromatic carbocycles. The number of para-hydroxylation sites is 1. The molecule has 30 heavy (non-hydrogen) atoms.